The predicted molar refractivity (Wildman–Crippen MR) is 51.8 cm³/mol. The number of aliphatic imine (C=N–C) groups is 1. The first-order valence-electron chi connectivity index (χ1n) is 4.55. The van der Waals surface area contributed by atoms with Gasteiger partial charge in [-0.15, -0.1) is 0 Å². The van der Waals surface area contributed by atoms with Gasteiger partial charge in [0.2, 0.25) is 0 Å². The maximum absolute atomic E-state index is 5.40. The van der Waals surface area contributed by atoms with Gasteiger partial charge < -0.3 is 5.43 Å². The number of nitrogens with zero attached hydrogens (tertiary/aromatic N) is 1. The van der Waals surface area contributed by atoms with Crippen LogP contribution in [-0.2, 0) is 0 Å². The van der Waals surface area contributed by atoms with Crippen molar-refractivity contribution in [3.8, 4) is 0 Å². The highest BCUT2D eigenvalue weighted by Crippen LogP contribution is 2.42. The van der Waals surface area contributed by atoms with Gasteiger partial charge in [0, 0.05) is 13.0 Å². The van der Waals surface area contributed by atoms with E-state index in [1.807, 2.05) is 0 Å². The predicted octanol–water partition coefficient (Wildman–Crippen LogP) is 1.30. The number of rotatable bonds is 1. The first-order valence-corrected chi connectivity index (χ1v) is 4.55. The lowest BCUT2D eigenvalue weighted by molar-refractivity contribution is 0.321. The molecule has 1 atom stereocenters. The zero-order chi connectivity index (χ0) is 9.19. The van der Waals surface area contributed by atoms with Crippen LogP contribution < -0.4 is 11.3 Å². The number of hydrogen-bond donors (Lipinski definition) is 2. The highest BCUT2D eigenvalue weighted by atomic mass is 15.3. The molecule has 1 rings (SSSR count). The van der Waals surface area contributed by atoms with Crippen molar-refractivity contribution < 1.29 is 0 Å². The van der Waals surface area contributed by atoms with Crippen molar-refractivity contribution in [1.82, 2.24) is 5.43 Å². The lowest BCUT2D eigenvalue weighted by Gasteiger charge is -2.27. The summed E-state index contributed by atoms with van der Waals surface area (Å²) in [6.45, 7) is 4.57. The first-order chi connectivity index (χ1) is 5.61. The Balaban J connectivity index is 2.74. The van der Waals surface area contributed by atoms with Crippen molar-refractivity contribution in [1.29, 1.82) is 0 Å². The Bertz CT molecular complexity index is 184. The third kappa shape index (κ3) is 1.61. The van der Waals surface area contributed by atoms with Crippen LogP contribution in [0.15, 0.2) is 4.99 Å². The molecule has 3 nitrogen and oxygen atoms in total. The largest absolute Gasteiger partial charge is 0.312 e. The fourth-order valence-corrected chi connectivity index (χ4v) is 2.15. The SMILES string of the molecule is CN=C(NN)C1CCCC1(C)C. The van der Waals surface area contributed by atoms with Crippen LogP contribution in [0.3, 0.4) is 0 Å². The van der Waals surface area contributed by atoms with Gasteiger partial charge in [0.05, 0.1) is 0 Å². The first kappa shape index (κ1) is 9.52. The van der Waals surface area contributed by atoms with Crippen LogP contribution in [0.25, 0.3) is 0 Å². The normalized spacial score (nSPS) is 29.0. The minimum atomic E-state index is 0.362. The summed E-state index contributed by atoms with van der Waals surface area (Å²) in [5, 5.41) is 0. The van der Waals surface area contributed by atoms with E-state index in [1.165, 1.54) is 19.3 Å². The molecule has 1 aliphatic carbocycles. The zero-order valence-electron chi connectivity index (χ0n) is 8.22. The van der Waals surface area contributed by atoms with E-state index in [2.05, 4.69) is 24.3 Å². The highest BCUT2D eigenvalue weighted by Gasteiger charge is 2.37. The van der Waals surface area contributed by atoms with Gasteiger partial charge in [-0.3, -0.25) is 4.99 Å². The summed E-state index contributed by atoms with van der Waals surface area (Å²) in [6.07, 6.45) is 3.78. The summed E-state index contributed by atoms with van der Waals surface area (Å²) in [5.74, 6) is 6.88. The van der Waals surface area contributed by atoms with Crippen LogP contribution >= 0.6 is 0 Å². The monoisotopic (exact) mass is 169 g/mol. The molecule has 0 aromatic heterocycles. The quantitative estimate of drug-likeness (QED) is 0.269. The van der Waals surface area contributed by atoms with E-state index in [0.717, 1.165) is 5.84 Å². The molecule has 3 heteroatoms. The molecule has 3 N–H and O–H groups in total. The van der Waals surface area contributed by atoms with Gasteiger partial charge in [0.15, 0.2) is 0 Å². The van der Waals surface area contributed by atoms with E-state index in [1.54, 1.807) is 7.05 Å². The molecule has 0 heterocycles. The fourth-order valence-electron chi connectivity index (χ4n) is 2.15. The average Bonchev–Trinajstić information content (AvgIpc) is 2.34. The second-order valence-corrected chi connectivity index (χ2v) is 4.19. The zero-order valence-corrected chi connectivity index (χ0v) is 8.22. The molecule has 0 radical (unpaired) electrons. The lowest BCUT2D eigenvalue weighted by Crippen LogP contribution is -2.40. The van der Waals surface area contributed by atoms with E-state index in [9.17, 15) is 0 Å². The summed E-state index contributed by atoms with van der Waals surface area (Å²) >= 11 is 0. The van der Waals surface area contributed by atoms with Crippen molar-refractivity contribution in [2.45, 2.75) is 33.1 Å². The second-order valence-electron chi connectivity index (χ2n) is 4.19. The molecule has 0 spiro atoms. The minimum absolute atomic E-state index is 0.362. The van der Waals surface area contributed by atoms with Gasteiger partial charge in [-0.05, 0) is 18.3 Å². The lowest BCUT2D eigenvalue weighted by atomic mass is 9.81. The molecule has 70 valence electrons. The Labute approximate surface area is 74.4 Å². The minimum Gasteiger partial charge on any atom is -0.312 e. The van der Waals surface area contributed by atoms with Gasteiger partial charge in [0.1, 0.15) is 5.84 Å². The van der Waals surface area contributed by atoms with Crippen LogP contribution in [0.4, 0.5) is 0 Å². The van der Waals surface area contributed by atoms with Crippen molar-refractivity contribution in [2.24, 2.45) is 22.2 Å². The summed E-state index contributed by atoms with van der Waals surface area (Å²) in [5.41, 5.74) is 3.06. The van der Waals surface area contributed by atoms with Crippen molar-refractivity contribution in [3.05, 3.63) is 0 Å². The van der Waals surface area contributed by atoms with E-state index in [0.29, 0.717) is 11.3 Å². The van der Waals surface area contributed by atoms with E-state index in [-0.39, 0.29) is 0 Å². The number of hydrogen-bond acceptors (Lipinski definition) is 2. The van der Waals surface area contributed by atoms with Gasteiger partial charge in [0.25, 0.3) is 0 Å². The standard InChI is InChI=1S/C9H19N3/c1-9(2)6-4-5-7(9)8(11-3)12-10/h7H,4-6,10H2,1-3H3,(H,11,12). The molecule has 1 saturated carbocycles. The molecule has 0 amide bonds. The summed E-state index contributed by atoms with van der Waals surface area (Å²) < 4.78 is 0. The maximum atomic E-state index is 5.40. The topological polar surface area (TPSA) is 50.4 Å². The van der Waals surface area contributed by atoms with Gasteiger partial charge >= 0.3 is 0 Å². The van der Waals surface area contributed by atoms with Crippen molar-refractivity contribution >= 4 is 5.84 Å². The van der Waals surface area contributed by atoms with E-state index < -0.39 is 0 Å². The smallest absolute Gasteiger partial charge is 0.114 e. The summed E-state index contributed by atoms with van der Waals surface area (Å²) in [4.78, 5) is 4.16. The number of nitrogens with one attached hydrogen (secondary N) is 1. The molecule has 1 unspecified atom stereocenters. The van der Waals surface area contributed by atoms with Crippen LogP contribution in [0.2, 0.25) is 0 Å². The number of hydrazine groups is 1. The molecule has 0 aromatic carbocycles. The van der Waals surface area contributed by atoms with Crippen LogP contribution in [0, 0.1) is 11.3 Å². The maximum Gasteiger partial charge on any atom is 0.114 e. The third-order valence-electron chi connectivity index (χ3n) is 2.98. The van der Waals surface area contributed by atoms with Crippen molar-refractivity contribution in [3.63, 3.8) is 0 Å². The number of amidine groups is 1. The fraction of sp³-hybridized carbons (Fsp3) is 0.889. The van der Waals surface area contributed by atoms with Gasteiger partial charge in [-0.2, -0.15) is 0 Å². The molecule has 0 bridgehead atoms. The Hall–Kier alpha value is -0.570. The number of nitrogens with two attached hydrogens (primary N) is 1. The Kier molecular flexibility index (Phi) is 2.73. The summed E-state index contributed by atoms with van der Waals surface area (Å²) in [6, 6.07) is 0. The van der Waals surface area contributed by atoms with Crippen LogP contribution in [0.5, 0.6) is 0 Å². The molecule has 1 aliphatic rings. The molecule has 12 heavy (non-hydrogen) atoms. The average molecular weight is 169 g/mol. The van der Waals surface area contributed by atoms with Crippen LogP contribution in [0.1, 0.15) is 33.1 Å². The van der Waals surface area contributed by atoms with Gasteiger partial charge in [-0.1, -0.05) is 20.3 Å². The Morgan fingerprint density at radius 2 is 2.25 bits per heavy atom. The molecular formula is C9H19N3. The molecule has 0 aromatic rings. The van der Waals surface area contributed by atoms with Gasteiger partial charge in [-0.25, -0.2) is 5.84 Å². The second kappa shape index (κ2) is 3.44. The van der Waals surface area contributed by atoms with Crippen molar-refractivity contribution in [2.75, 3.05) is 7.05 Å². The highest BCUT2D eigenvalue weighted by molar-refractivity contribution is 5.84. The summed E-state index contributed by atoms with van der Waals surface area (Å²) in [7, 11) is 1.80. The molecule has 0 aliphatic heterocycles. The Morgan fingerprint density at radius 3 is 2.58 bits per heavy atom. The molecular weight excluding hydrogens is 150 g/mol. The molecule has 0 saturated heterocycles. The molecule has 1 fully saturated rings. The van der Waals surface area contributed by atoms with E-state index >= 15 is 0 Å². The third-order valence-corrected chi connectivity index (χ3v) is 2.98. The van der Waals surface area contributed by atoms with E-state index in [4.69, 9.17) is 5.84 Å². The van der Waals surface area contributed by atoms with Crippen LogP contribution in [-0.4, -0.2) is 12.9 Å². The Morgan fingerprint density at radius 1 is 1.58 bits per heavy atom.